The van der Waals surface area contributed by atoms with Gasteiger partial charge in [-0.25, -0.2) is 14.5 Å². The number of anilines is 1. The lowest BCUT2D eigenvalue weighted by atomic mass is 9.73. The van der Waals surface area contributed by atoms with E-state index in [0.29, 0.717) is 11.0 Å². The van der Waals surface area contributed by atoms with Crippen LogP contribution in [0.5, 0.6) is 0 Å². The summed E-state index contributed by atoms with van der Waals surface area (Å²) < 4.78 is 40.4. The van der Waals surface area contributed by atoms with E-state index < -0.39 is 40.2 Å². The Labute approximate surface area is 228 Å². The number of nitro benzene ring substituents is 1. The first-order valence-corrected chi connectivity index (χ1v) is 11.8. The van der Waals surface area contributed by atoms with Crippen LogP contribution in [0.25, 0.3) is 0 Å². The summed E-state index contributed by atoms with van der Waals surface area (Å²) in [5, 5.41) is 31.1. The molecule has 41 heavy (non-hydrogen) atoms. The molecule has 2 heterocycles. The first kappa shape index (κ1) is 27.0. The van der Waals surface area contributed by atoms with Crippen molar-refractivity contribution in [2.24, 2.45) is 0 Å². The molecular weight excluding hydrogens is 547 g/mol. The number of carbonyl (C=O) groups is 3. The summed E-state index contributed by atoms with van der Waals surface area (Å²) in [4.78, 5) is 55.6. The third-order valence-electron chi connectivity index (χ3n) is 6.92. The lowest BCUT2D eigenvalue weighted by molar-refractivity contribution is -0.384. The maximum atomic E-state index is 14.1. The molecule has 2 aliphatic rings. The lowest BCUT2D eigenvalue weighted by Crippen LogP contribution is -2.62. The average molecular weight is 563 g/mol. The lowest BCUT2D eigenvalue weighted by Gasteiger charge is -2.48. The molecule has 0 saturated heterocycles. The molecule has 0 bridgehead atoms. The fourth-order valence-corrected chi connectivity index (χ4v) is 5.28. The predicted octanol–water partition coefficient (Wildman–Crippen LogP) is 5.36. The van der Waals surface area contributed by atoms with Crippen molar-refractivity contribution in [3.63, 3.8) is 0 Å². The van der Waals surface area contributed by atoms with E-state index in [9.17, 15) is 48.0 Å². The Morgan fingerprint density at radius 3 is 2.20 bits per heavy atom. The fraction of sp³-hybridized carbons (Fsp3) is 0.148. The van der Waals surface area contributed by atoms with Gasteiger partial charge in [0, 0.05) is 30.4 Å². The van der Waals surface area contributed by atoms with Gasteiger partial charge in [0.15, 0.2) is 5.78 Å². The molecule has 0 radical (unpaired) electrons. The number of rotatable bonds is 4. The number of nitrogens with zero attached hydrogens (tertiary/aromatic N) is 5. The van der Waals surface area contributed by atoms with Crippen molar-refractivity contribution in [1.29, 1.82) is 5.26 Å². The summed E-state index contributed by atoms with van der Waals surface area (Å²) in [6, 6.07) is 12.3. The number of urea groups is 1. The molecule has 14 heteroatoms. The Balaban J connectivity index is 1.88. The van der Waals surface area contributed by atoms with E-state index in [1.807, 2.05) is 6.07 Å². The number of carboxylic acid groups (broad SMARTS) is 1. The Bertz CT molecular complexity index is 1700. The second-order valence-corrected chi connectivity index (χ2v) is 9.08. The minimum atomic E-state index is -4.88. The van der Waals surface area contributed by atoms with E-state index in [4.69, 9.17) is 0 Å². The second kappa shape index (κ2) is 9.56. The summed E-state index contributed by atoms with van der Waals surface area (Å²) in [5.74, 6) is -0.587. The van der Waals surface area contributed by atoms with Crippen molar-refractivity contribution in [2.45, 2.75) is 24.6 Å². The molecular formula is C27H16F3N5O6. The van der Waals surface area contributed by atoms with Crippen molar-refractivity contribution in [1.82, 2.24) is 9.88 Å². The van der Waals surface area contributed by atoms with Gasteiger partial charge in [-0.1, -0.05) is 12.1 Å². The SMILES string of the molecule is N#Cc1ccc(C2(c3ccc([N+](=O)[O-])cc3)C3=C(CCC3=O)N(c3ccnc(C(F)(F)F)c3)C(=O)N2C(=O)O)cc1. The number of amides is 3. The zero-order chi connectivity index (χ0) is 29.7. The van der Waals surface area contributed by atoms with E-state index >= 15 is 0 Å². The van der Waals surface area contributed by atoms with Gasteiger partial charge in [0.05, 0.1) is 27.8 Å². The topological polar surface area (TPSA) is 158 Å². The molecule has 2 aromatic carbocycles. The summed E-state index contributed by atoms with van der Waals surface area (Å²) in [6.45, 7) is 0. The molecule has 0 fully saturated rings. The van der Waals surface area contributed by atoms with Crippen molar-refractivity contribution in [3.8, 4) is 6.07 Å². The number of nitriles is 1. The molecule has 5 rings (SSSR count). The number of ketones is 1. The smallest absolute Gasteiger partial charge is 0.433 e. The van der Waals surface area contributed by atoms with Crippen LogP contribution in [0.1, 0.15) is 35.2 Å². The number of aromatic nitrogens is 1. The van der Waals surface area contributed by atoms with Gasteiger partial charge >= 0.3 is 18.3 Å². The molecule has 1 atom stereocenters. The van der Waals surface area contributed by atoms with Gasteiger partial charge in [-0.05, 0) is 53.9 Å². The molecule has 1 unspecified atom stereocenters. The van der Waals surface area contributed by atoms with Gasteiger partial charge in [0.2, 0.25) is 0 Å². The number of Topliss-reactive ketones (excluding diaryl/α,β-unsaturated/α-hetero) is 1. The van der Waals surface area contributed by atoms with Gasteiger partial charge in [0.25, 0.3) is 5.69 Å². The van der Waals surface area contributed by atoms with Crippen LogP contribution in [0.3, 0.4) is 0 Å². The van der Waals surface area contributed by atoms with Gasteiger partial charge in [-0.2, -0.15) is 18.4 Å². The maximum Gasteiger partial charge on any atom is 0.433 e. The highest BCUT2D eigenvalue weighted by molar-refractivity contribution is 6.13. The predicted molar refractivity (Wildman–Crippen MR) is 133 cm³/mol. The highest BCUT2D eigenvalue weighted by atomic mass is 19.4. The van der Waals surface area contributed by atoms with Gasteiger partial charge in [-0.3, -0.25) is 24.8 Å². The van der Waals surface area contributed by atoms with Crippen LogP contribution in [-0.4, -0.2) is 37.8 Å². The standard InChI is InChI=1S/C27H16F3N5O6/c28-27(29,30)22-13-19(11-12-32-22)33-20-9-10-21(36)23(20)26(34(24(33)37)25(38)39,16-3-1-15(14-31)2-4-16)17-5-7-18(8-6-17)35(40)41/h1-8,11-13H,9-10H2,(H,38,39). The molecule has 3 amide bonds. The van der Waals surface area contributed by atoms with Crippen LogP contribution >= 0.6 is 0 Å². The minimum Gasteiger partial charge on any atom is -0.465 e. The number of hydrogen-bond donors (Lipinski definition) is 1. The van der Waals surface area contributed by atoms with Crippen molar-refractivity contribution < 1.29 is 37.6 Å². The Kier molecular flexibility index (Phi) is 6.30. The molecule has 1 N–H and O–H groups in total. The van der Waals surface area contributed by atoms with Crippen molar-refractivity contribution in [3.05, 3.63) is 111 Å². The third kappa shape index (κ3) is 4.15. The van der Waals surface area contributed by atoms with Gasteiger partial charge in [-0.15, -0.1) is 0 Å². The van der Waals surface area contributed by atoms with Crippen molar-refractivity contribution >= 4 is 29.3 Å². The zero-order valence-electron chi connectivity index (χ0n) is 20.6. The van der Waals surface area contributed by atoms with Crippen LogP contribution < -0.4 is 4.90 Å². The summed E-state index contributed by atoms with van der Waals surface area (Å²) in [6.07, 6.45) is -6.22. The van der Waals surface area contributed by atoms with E-state index in [1.165, 1.54) is 36.4 Å². The van der Waals surface area contributed by atoms with Crippen LogP contribution in [0.15, 0.2) is 78.1 Å². The quantitative estimate of drug-likeness (QED) is 0.328. The number of allylic oxidation sites excluding steroid dienone is 1. The number of hydrogen-bond acceptors (Lipinski definition) is 7. The van der Waals surface area contributed by atoms with Gasteiger partial charge in [0.1, 0.15) is 11.2 Å². The number of benzene rings is 2. The molecule has 3 aromatic rings. The number of carbonyl (C=O) groups excluding carboxylic acids is 2. The molecule has 0 saturated carbocycles. The van der Waals surface area contributed by atoms with E-state index in [2.05, 4.69) is 4.98 Å². The zero-order valence-corrected chi connectivity index (χ0v) is 20.6. The summed E-state index contributed by atoms with van der Waals surface area (Å²) in [7, 11) is 0. The number of alkyl halides is 3. The third-order valence-corrected chi connectivity index (χ3v) is 6.92. The number of halogens is 3. The Morgan fingerprint density at radius 1 is 1.05 bits per heavy atom. The van der Waals surface area contributed by atoms with Gasteiger partial charge < -0.3 is 5.11 Å². The van der Waals surface area contributed by atoms with Crippen molar-refractivity contribution in [2.75, 3.05) is 4.90 Å². The average Bonchev–Trinajstić information content (AvgIpc) is 3.33. The first-order valence-electron chi connectivity index (χ1n) is 11.8. The molecule has 1 aliphatic carbocycles. The Hall–Kier alpha value is -5.58. The summed E-state index contributed by atoms with van der Waals surface area (Å²) in [5.41, 5.74) is -4.22. The highest BCUT2D eigenvalue weighted by Crippen LogP contribution is 2.52. The van der Waals surface area contributed by atoms with Crippen LogP contribution in [-0.2, 0) is 16.5 Å². The first-order chi connectivity index (χ1) is 19.4. The Morgan fingerprint density at radius 2 is 1.66 bits per heavy atom. The molecule has 1 aromatic heterocycles. The fourth-order valence-electron chi connectivity index (χ4n) is 5.28. The number of nitro groups is 1. The van der Waals surface area contributed by atoms with Crippen LogP contribution in [0.4, 0.5) is 34.1 Å². The minimum absolute atomic E-state index is 0.00309. The van der Waals surface area contributed by atoms with Crippen LogP contribution in [0, 0.1) is 21.4 Å². The molecule has 1 aliphatic heterocycles. The normalized spacial score (nSPS) is 18.8. The number of non-ortho nitro benzene ring substituents is 1. The monoisotopic (exact) mass is 563 g/mol. The molecule has 206 valence electrons. The maximum absolute atomic E-state index is 14.1. The van der Waals surface area contributed by atoms with E-state index in [1.54, 1.807) is 0 Å². The summed E-state index contributed by atoms with van der Waals surface area (Å²) >= 11 is 0. The van der Waals surface area contributed by atoms with E-state index in [-0.39, 0.29) is 52.2 Å². The second-order valence-electron chi connectivity index (χ2n) is 9.08. The highest BCUT2D eigenvalue weighted by Gasteiger charge is 2.59. The number of pyridine rings is 1. The largest absolute Gasteiger partial charge is 0.465 e. The number of imide groups is 1. The molecule has 11 nitrogen and oxygen atoms in total. The van der Waals surface area contributed by atoms with Crippen LogP contribution in [0.2, 0.25) is 0 Å². The molecule has 0 spiro atoms. The van der Waals surface area contributed by atoms with E-state index in [0.717, 1.165) is 29.3 Å².